The molecule has 2 saturated heterocycles. The van der Waals surface area contributed by atoms with Crippen LogP contribution in [-0.2, 0) is 0 Å². The Morgan fingerprint density at radius 2 is 2.00 bits per heavy atom. The number of nitriles is 1. The van der Waals surface area contributed by atoms with Crippen molar-refractivity contribution in [3.63, 3.8) is 0 Å². The molecule has 21 heavy (non-hydrogen) atoms. The summed E-state index contributed by atoms with van der Waals surface area (Å²) in [6.07, 6.45) is 5.03. The monoisotopic (exact) mass is 304 g/mol. The minimum Gasteiger partial charge on any atom is -0.356 e. The van der Waals surface area contributed by atoms with E-state index in [0.717, 1.165) is 24.9 Å². The molecule has 0 radical (unpaired) electrons. The van der Waals surface area contributed by atoms with Gasteiger partial charge in [0.2, 0.25) is 0 Å². The van der Waals surface area contributed by atoms with Gasteiger partial charge in [-0.25, -0.2) is 4.98 Å². The highest BCUT2D eigenvalue weighted by Gasteiger charge is 2.30. The van der Waals surface area contributed by atoms with Gasteiger partial charge in [-0.1, -0.05) is 11.6 Å². The van der Waals surface area contributed by atoms with E-state index in [2.05, 4.69) is 27.8 Å². The molecule has 0 amide bonds. The van der Waals surface area contributed by atoms with Crippen LogP contribution >= 0.6 is 11.6 Å². The molecule has 1 atom stereocenters. The number of pyridine rings is 1. The number of hydrogen-bond acceptors (Lipinski definition) is 4. The van der Waals surface area contributed by atoms with Gasteiger partial charge in [-0.15, -0.1) is 0 Å². The van der Waals surface area contributed by atoms with Crippen LogP contribution in [0, 0.1) is 11.3 Å². The van der Waals surface area contributed by atoms with Crippen molar-refractivity contribution in [2.45, 2.75) is 44.7 Å². The van der Waals surface area contributed by atoms with Gasteiger partial charge in [0.05, 0.1) is 5.02 Å². The van der Waals surface area contributed by atoms with E-state index in [1.54, 1.807) is 6.07 Å². The maximum absolute atomic E-state index is 9.03. The molecule has 0 aromatic carbocycles. The van der Waals surface area contributed by atoms with Crippen molar-refractivity contribution < 1.29 is 0 Å². The van der Waals surface area contributed by atoms with Gasteiger partial charge in [-0.05, 0) is 51.3 Å². The normalized spacial score (nSPS) is 24.2. The molecule has 1 aromatic heterocycles. The quantitative estimate of drug-likeness (QED) is 0.842. The highest BCUT2D eigenvalue weighted by atomic mass is 35.5. The summed E-state index contributed by atoms with van der Waals surface area (Å²) in [5.74, 6) is 0.879. The van der Waals surface area contributed by atoms with Crippen molar-refractivity contribution in [3.05, 3.63) is 22.8 Å². The summed E-state index contributed by atoms with van der Waals surface area (Å²) < 4.78 is 0. The molecular formula is C16H21ClN4. The number of aromatic nitrogens is 1. The number of nitrogens with zero attached hydrogens (tertiary/aromatic N) is 4. The zero-order chi connectivity index (χ0) is 14.8. The van der Waals surface area contributed by atoms with Crippen LogP contribution in [0.15, 0.2) is 12.1 Å². The van der Waals surface area contributed by atoms with Crippen molar-refractivity contribution in [1.29, 1.82) is 5.26 Å². The molecule has 2 fully saturated rings. The summed E-state index contributed by atoms with van der Waals surface area (Å²) >= 11 is 5.95. The van der Waals surface area contributed by atoms with Gasteiger partial charge in [0, 0.05) is 25.2 Å². The first-order valence-corrected chi connectivity index (χ1v) is 8.14. The van der Waals surface area contributed by atoms with Crippen molar-refractivity contribution in [2.24, 2.45) is 0 Å². The van der Waals surface area contributed by atoms with E-state index in [0.29, 0.717) is 16.8 Å². The average Bonchev–Trinajstić information content (AvgIpc) is 2.94. The summed E-state index contributed by atoms with van der Waals surface area (Å²) in [5, 5.41) is 9.47. The van der Waals surface area contributed by atoms with Crippen LogP contribution in [0.25, 0.3) is 0 Å². The molecule has 2 aliphatic heterocycles. The molecule has 1 aromatic rings. The Balaban J connectivity index is 1.64. The SMILES string of the molecule is CC1CCCN1C1CCN(c2ccc(Cl)c(C#N)n2)CC1. The number of likely N-dealkylation sites (tertiary alicyclic amines) is 1. The third kappa shape index (κ3) is 3.00. The van der Waals surface area contributed by atoms with Crippen molar-refractivity contribution >= 4 is 17.4 Å². The van der Waals surface area contributed by atoms with E-state index < -0.39 is 0 Å². The van der Waals surface area contributed by atoms with E-state index in [-0.39, 0.29) is 0 Å². The second kappa shape index (κ2) is 6.21. The van der Waals surface area contributed by atoms with Crippen molar-refractivity contribution in [1.82, 2.24) is 9.88 Å². The summed E-state index contributed by atoms with van der Waals surface area (Å²) in [4.78, 5) is 9.32. The summed E-state index contributed by atoms with van der Waals surface area (Å²) in [6.45, 7) is 5.61. The van der Waals surface area contributed by atoms with Crippen LogP contribution in [0.3, 0.4) is 0 Å². The maximum atomic E-state index is 9.03. The summed E-state index contributed by atoms with van der Waals surface area (Å²) in [5.41, 5.74) is 0.324. The van der Waals surface area contributed by atoms with Gasteiger partial charge in [0.1, 0.15) is 11.9 Å². The predicted molar refractivity (Wildman–Crippen MR) is 84.6 cm³/mol. The smallest absolute Gasteiger partial charge is 0.161 e. The minimum atomic E-state index is 0.324. The summed E-state index contributed by atoms with van der Waals surface area (Å²) in [7, 11) is 0. The molecule has 0 aliphatic carbocycles. The second-order valence-corrected chi connectivity index (χ2v) is 6.47. The van der Waals surface area contributed by atoms with Crippen molar-refractivity contribution in [2.75, 3.05) is 24.5 Å². The Morgan fingerprint density at radius 1 is 1.24 bits per heavy atom. The predicted octanol–water partition coefficient (Wildman–Crippen LogP) is 3.06. The molecule has 3 rings (SSSR count). The number of hydrogen-bond donors (Lipinski definition) is 0. The van der Waals surface area contributed by atoms with E-state index in [9.17, 15) is 0 Å². The first kappa shape index (κ1) is 14.6. The van der Waals surface area contributed by atoms with E-state index in [4.69, 9.17) is 16.9 Å². The highest BCUT2D eigenvalue weighted by molar-refractivity contribution is 6.31. The Morgan fingerprint density at radius 3 is 2.62 bits per heavy atom. The minimum absolute atomic E-state index is 0.324. The standard InChI is InChI=1S/C16H21ClN4/c1-12-3-2-8-21(12)13-6-9-20(10-7-13)16-5-4-14(17)15(11-18)19-16/h4-5,12-13H,2-3,6-10H2,1H3. The zero-order valence-corrected chi connectivity index (χ0v) is 13.2. The molecule has 3 heterocycles. The van der Waals surface area contributed by atoms with Gasteiger partial charge >= 0.3 is 0 Å². The lowest BCUT2D eigenvalue weighted by molar-refractivity contribution is 0.163. The van der Waals surface area contributed by atoms with Gasteiger partial charge in [-0.2, -0.15) is 5.26 Å². The molecule has 0 spiro atoms. The average molecular weight is 305 g/mol. The summed E-state index contributed by atoms with van der Waals surface area (Å²) in [6, 6.07) is 7.20. The molecule has 1 unspecified atom stereocenters. The fraction of sp³-hybridized carbons (Fsp3) is 0.625. The maximum Gasteiger partial charge on any atom is 0.161 e. The molecule has 2 aliphatic rings. The van der Waals surface area contributed by atoms with Gasteiger partial charge < -0.3 is 4.90 Å². The van der Waals surface area contributed by atoms with Crippen molar-refractivity contribution in [3.8, 4) is 6.07 Å². The molecule has 4 nitrogen and oxygen atoms in total. The molecular weight excluding hydrogens is 284 g/mol. The van der Waals surface area contributed by atoms with E-state index in [1.165, 1.54) is 32.2 Å². The van der Waals surface area contributed by atoms with Crippen LogP contribution in [0.4, 0.5) is 5.82 Å². The molecule has 5 heteroatoms. The second-order valence-electron chi connectivity index (χ2n) is 6.06. The Bertz CT molecular complexity index is 546. The van der Waals surface area contributed by atoms with Gasteiger partial charge in [0.25, 0.3) is 0 Å². The first-order chi connectivity index (χ1) is 10.2. The highest BCUT2D eigenvalue weighted by Crippen LogP contribution is 2.28. The lowest BCUT2D eigenvalue weighted by Gasteiger charge is -2.39. The first-order valence-electron chi connectivity index (χ1n) is 7.76. The van der Waals surface area contributed by atoms with Gasteiger partial charge in [-0.3, -0.25) is 4.90 Å². The number of piperidine rings is 1. The molecule has 0 N–H and O–H groups in total. The number of halogens is 1. The van der Waals surface area contributed by atoms with Crippen LogP contribution in [0.1, 0.15) is 38.3 Å². The van der Waals surface area contributed by atoms with Crippen LogP contribution in [0.2, 0.25) is 5.02 Å². The van der Waals surface area contributed by atoms with Crippen LogP contribution in [-0.4, -0.2) is 41.6 Å². The zero-order valence-electron chi connectivity index (χ0n) is 12.4. The lowest BCUT2D eigenvalue weighted by atomic mass is 10.0. The Hall–Kier alpha value is -1.31. The van der Waals surface area contributed by atoms with Gasteiger partial charge in [0.15, 0.2) is 5.69 Å². The van der Waals surface area contributed by atoms with E-state index >= 15 is 0 Å². The third-order valence-corrected chi connectivity index (χ3v) is 5.10. The fourth-order valence-corrected chi connectivity index (χ4v) is 3.76. The molecule has 0 bridgehead atoms. The topological polar surface area (TPSA) is 43.2 Å². The number of rotatable bonds is 2. The fourth-order valence-electron chi connectivity index (χ4n) is 3.61. The van der Waals surface area contributed by atoms with Crippen LogP contribution < -0.4 is 4.90 Å². The largest absolute Gasteiger partial charge is 0.356 e. The van der Waals surface area contributed by atoms with E-state index in [1.807, 2.05) is 6.07 Å². The molecule has 112 valence electrons. The Labute approximate surface area is 131 Å². The van der Waals surface area contributed by atoms with Crippen LogP contribution in [0.5, 0.6) is 0 Å². The Kier molecular flexibility index (Phi) is 4.32. The molecule has 0 saturated carbocycles. The number of anilines is 1. The lowest BCUT2D eigenvalue weighted by Crippen LogP contribution is -2.46. The third-order valence-electron chi connectivity index (χ3n) is 4.80.